The van der Waals surface area contributed by atoms with Gasteiger partial charge >= 0.3 is 0 Å². The zero-order valence-corrected chi connectivity index (χ0v) is 14.9. The van der Waals surface area contributed by atoms with Crippen molar-refractivity contribution in [3.63, 3.8) is 0 Å². The van der Waals surface area contributed by atoms with Crippen LogP contribution in [0.1, 0.15) is 39.0 Å². The highest BCUT2D eigenvalue weighted by atomic mass is 16.2. The summed E-state index contributed by atoms with van der Waals surface area (Å²) in [6.45, 7) is 6.12. The molecule has 2 amide bonds. The van der Waals surface area contributed by atoms with Gasteiger partial charge in [-0.25, -0.2) is 0 Å². The minimum absolute atomic E-state index is 0.115. The molecule has 1 unspecified atom stereocenters. The van der Waals surface area contributed by atoms with E-state index in [4.69, 9.17) is 0 Å². The molecule has 2 rings (SSSR count). The van der Waals surface area contributed by atoms with Crippen molar-refractivity contribution in [2.75, 3.05) is 46.8 Å². The molecule has 2 saturated heterocycles. The summed E-state index contributed by atoms with van der Waals surface area (Å²) in [5, 5.41) is 0. The summed E-state index contributed by atoms with van der Waals surface area (Å²) in [6.07, 6.45) is 8.10. The van der Waals surface area contributed by atoms with Gasteiger partial charge < -0.3 is 14.7 Å². The Morgan fingerprint density at radius 1 is 1.30 bits per heavy atom. The summed E-state index contributed by atoms with van der Waals surface area (Å²) in [4.78, 5) is 30.7. The van der Waals surface area contributed by atoms with Crippen LogP contribution in [-0.4, -0.2) is 73.3 Å². The lowest BCUT2D eigenvalue weighted by Crippen LogP contribution is -2.55. The van der Waals surface area contributed by atoms with E-state index in [9.17, 15) is 9.59 Å². The number of allylic oxidation sites excluding steroid dienone is 1. The number of rotatable bonds is 5. The molecule has 0 radical (unpaired) electrons. The highest BCUT2D eigenvalue weighted by molar-refractivity contribution is 5.78. The van der Waals surface area contributed by atoms with Crippen molar-refractivity contribution in [3.8, 4) is 0 Å². The van der Waals surface area contributed by atoms with Crippen LogP contribution in [0.2, 0.25) is 0 Å². The lowest BCUT2D eigenvalue weighted by Gasteiger charge is -2.48. The molecule has 0 aromatic rings. The molecule has 1 atom stereocenters. The molecule has 2 aliphatic heterocycles. The van der Waals surface area contributed by atoms with E-state index in [1.54, 1.807) is 0 Å². The molecule has 0 saturated carbocycles. The van der Waals surface area contributed by atoms with Gasteiger partial charge in [0.05, 0.1) is 0 Å². The summed E-state index contributed by atoms with van der Waals surface area (Å²) < 4.78 is 0. The monoisotopic (exact) mass is 321 g/mol. The zero-order valence-electron chi connectivity index (χ0n) is 14.9. The Morgan fingerprint density at radius 3 is 2.78 bits per heavy atom. The molecule has 0 N–H and O–H groups in total. The van der Waals surface area contributed by atoms with Crippen LogP contribution in [0.4, 0.5) is 0 Å². The molecule has 23 heavy (non-hydrogen) atoms. The summed E-state index contributed by atoms with van der Waals surface area (Å²) in [6, 6.07) is 0. The SMILES string of the molecule is C/C=C/CC(=O)N1CCCC2(CCC(=O)N(CCN(C)C)C2)C1. The van der Waals surface area contributed by atoms with Crippen LogP contribution in [0.3, 0.4) is 0 Å². The van der Waals surface area contributed by atoms with E-state index >= 15 is 0 Å². The van der Waals surface area contributed by atoms with Crippen molar-refractivity contribution in [1.29, 1.82) is 0 Å². The zero-order chi connectivity index (χ0) is 16.9. The Morgan fingerprint density at radius 2 is 2.09 bits per heavy atom. The predicted octanol–water partition coefficient (Wildman–Crippen LogP) is 1.75. The summed E-state index contributed by atoms with van der Waals surface area (Å²) >= 11 is 0. The van der Waals surface area contributed by atoms with E-state index in [1.807, 2.05) is 43.0 Å². The second kappa shape index (κ2) is 7.95. The first kappa shape index (κ1) is 18.0. The molecular weight excluding hydrogens is 290 g/mol. The first-order chi connectivity index (χ1) is 11.0. The number of carbonyl (C=O) groups is 2. The average molecular weight is 321 g/mol. The Hall–Kier alpha value is -1.36. The molecule has 0 aromatic heterocycles. The smallest absolute Gasteiger partial charge is 0.226 e. The van der Waals surface area contributed by atoms with Gasteiger partial charge in [-0.05, 0) is 40.3 Å². The largest absolute Gasteiger partial charge is 0.342 e. The number of piperidine rings is 2. The van der Waals surface area contributed by atoms with E-state index in [-0.39, 0.29) is 17.2 Å². The van der Waals surface area contributed by atoms with E-state index in [2.05, 4.69) is 4.90 Å². The van der Waals surface area contributed by atoms with Gasteiger partial charge in [-0.15, -0.1) is 0 Å². The summed E-state index contributed by atoms with van der Waals surface area (Å²) in [5.74, 6) is 0.494. The van der Waals surface area contributed by atoms with Gasteiger partial charge in [-0.1, -0.05) is 12.2 Å². The van der Waals surface area contributed by atoms with Crippen LogP contribution in [-0.2, 0) is 9.59 Å². The van der Waals surface area contributed by atoms with Crippen molar-refractivity contribution in [1.82, 2.24) is 14.7 Å². The molecule has 2 fully saturated rings. The lowest BCUT2D eigenvalue weighted by molar-refractivity contribution is -0.142. The first-order valence-corrected chi connectivity index (χ1v) is 8.77. The molecule has 0 aromatic carbocycles. The third-order valence-electron chi connectivity index (χ3n) is 5.11. The average Bonchev–Trinajstić information content (AvgIpc) is 2.54. The second-order valence-electron chi connectivity index (χ2n) is 7.31. The topological polar surface area (TPSA) is 43.9 Å². The minimum Gasteiger partial charge on any atom is -0.342 e. The fourth-order valence-electron chi connectivity index (χ4n) is 3.73. The van der Waals surface area contributed by atoms with Gasteiger partial charge in [0.2, 0.25) is 11.8 Å². The van der Waals surface area contributed by atoms with Crippen molar-refractivity contribution < 1.29 is 9.59 Å². The van der Waals surface area contributed by atoms with Crippen LogP contribution in [0, 0.1) is 5.41 Å². The number of likely N-dealkylation sites (tertiary alicyclic amines) is 2. The Kier molecular flexibility index (Phi) is 6.22. The number of amides is 2. The first-order valence-electron chi connectivity index (χ1n) is 8.77. The molecule has 5 nitrogen and oxygen atoms in total. The van der Waals surface area contributed by atoms with Gasteiger partial charge in [0.1, 0.15) is 0 Å². The van der Waals surface area contributed by atoms with Gasteiger partial charge in [-0.3, -0.25) is 9.59 Å². The van der Waals surface area contributed by atoms with Crippen molar-refractivity contribution in [2.45, 2.75) is 39.0 Å². The summed E-state index contributed by atoms with van der Waals surface area (Å²) in [7, 11) is 4.07. The molecule has 130 valence electrons. The van der Waals surface area contributed by atoms with Crippen LogP contribution < -0.4 is 0 Å². The Labute approximate surface area is 140 Å². The van der Waals surface area contributed by atoms with Crippen molar-refractivity contribution in [3.05, 3.63) is 12.2 Å². The molecule has 0 bridgehead atoms. The number of likely N-dealkylation sites (N-methyl/N-ethyl adjacent to an activating group) is 1. The van der Waals surface area contributed by atoms with Crippen molar-refractivity contribution >= 4 is 11.8 Å². The van der Waals surface area contributed by atoms with E-state index in [0.29, 0.717) is 12.8 Å². The van der Waals surface area contributed by atoms with Crippen LogP contribution >= 0.6 is 0 Å². The van der Waals surface area contributed by atoms with E-state index in [0.717, 1.165) is 52.0 Å². The summed E-state index contributed by atoms with van der Waals surface area (Å²) in [5.41, 5.74) is 0.115. The number of carbonyl (C=O) groups excluding carboxylic acids is 2. The minimum atomic E-state index is 0.115. The normalized spacial score (nSPS) is 25.8. The quantitative estimate of drug-likeness (QED) is 0.725. The third kappa shape index (κ3) is 4.80. The molecule has 5 heteroatoms. The number of nitrogens with zero attached hydrogens (tertiary/aromatic N) is 3. The predicted molar refractivity (Wildman–Crippen MR) is 92.0 cm³/mol. The van der Waals surface area contributed by atoms with Gasteiger partial charge in [-0.2, -0.15) is 0 Å². The maximum atomic E-state index is 12.3. The molecule has 2 aliphatic rings. The third-order valence-corrected chi connectivity index (χ3v) is 5.11. The van der Waals surface area contributed by atoms with Crippen molar-refractivity contribution in [2.24, 2.45) is 5.41 Å². The van der Waals surface area contributed by atoms with E-state index < -0.39 is 0 Å². The standard InChI is InChI=1S/C18H31N3O2/c1-4-5-7-16(22)20-11-6-9-18(14-20)10-8-17(23)21(15-18)13-12-19(2)3/h4-5H,6-15H2,1-3H3/b5-4+. The maximum absolute atomic E-state index is 12.3. The van der Waals surface area contributed by atoms with Gasteiger partial charge in [0, 0.05) is 51.0 Å². The highest BCUT2D eigenvalue weighted by Gasteiger charge is 2.42. The fourth-order valence-corrected chi connectivity index (χ4v) is 3.73. The van der Waals surface area contributed by atoms with Crippen LogP contribution in [0.15, 0.2) is 12.2 Å². The number of hydrogen-bond donors (Lipinski definition) is 0. The number of hydrogen-bond acceptors (Lipinski definition) is 3. The highest BCUT2D eigenvalue weighted by Crippen LogP contribution is 2.39. The van der Waals surface area contributed by atoms with Crippen LogP contribution in [0.5, 0.6) is 0 Å². The van der Waals surface area contributed by atoms with Gasteiger partial charge in [0.15, 0.2) is 0 Å². The second-order valence-corrected chi connectivity index (χ2v) is 7.31. The molecular formula is C18H31N3O2. The lowest BCUT2D eigenvalue weighted by atomic mass is 9.73. The molecule has 0 aliphatic carbocycles. The van der Waals surface area contributed by atoms with Crippen LogP contribution in [0.25, 0.3) is 0 Å². The van der Waals surface area contributed by atoms with Gasteiger partial charge in [0.25, 0.3) is 0 Å². The Balaban J connectivity index is 1.99. The molecule has 1 spiro atoms. The maximum Gasteiger partial charge on any atom is 0.226 e. The Bertz CT molecular complexity index is 461. The fraction of sp³-hybridized carbons (Fsp3) is 0.778. The van der Waals surface area contributed by atoms with E-state index in [1.165, 1.54) is 0 Å². The molecule has 2 heterocycles.